The first kappa shape index (κ1) is 11.3. The highest BCUT2D eigenvalue weighted by molar-refractivity contribution is 7.92. The maximum Gasteiger partial charge on any atom is 0.229 e. The first-order valence-electron chi connectivity index (χ1n) is 5.35. The topological polar surface area (TPSA) is 58.2 Å². The number of anilines is 2. The fraction of sp³-hybridized carbons (Fsp3) is 0.455. The molecule has 0 saturated heterocycles. The molecule has 1 aromatic carbocycles. The SMILES string of the molecule is CS(=O)(=O)Nc1ccccc1NCC1CC1. The summed E-state index contributed by atoms with van der Waals surface area (Å²) in [5.41, 5.74) is 1.46. The molecular weight excluding hydrogens is 224 g/mol. The van der Waals surface area contributed by atoms with Crippen molar-refractivity contribution in [3.8, 4) is 0 Å². The number of rotatable bonds is 5. The molecule has 1 aromatic rings. The molecule has 0 bridgehead atoms. The molecule has 4 nitrogen and oxygen atoms in total. The van der Waals surface area contributed by atoms with Gasteiger partial charge in [-0.2, -0.15) is 0 Å². The largest absolute Gasteiger partial charge is 0.383 e. The van der Waals surface area contributed by atoms with Crippen molar-refractivity contribution in [3.63, 3.8) is 0 Å². The standard InChI is InChI=1S/C11H16N2O2S/c1-16(14,15)13-11-5-3-2-4-10(11)12-8-9-6-7-9/h2-5,9,12-13H,6-8H2,1H3. The molecule has 0 amide bonds. The first-order chi connectivity index (χ1) is 7.54. The van der Waals surface area contributed by atoms with Crippen molar-refractivity contribution in [2.45, 2.75) is 12.8 Å². The minimum atomic E-state index is -3.21. The Labute approximate surface area is 96.1 Å². The van der Waals surface area contributed by atoms with E-state index in [2.05, 4.69) is 10.0 Å². The zero-order valence-corrected chi connectivity index (χ0v) is 10.0. The van der Waals surface area contributed by atoms with E-state index in [4.69, 9.17) is 0 Å². The molecule has 2 rings (SSSR count). The summed E-state index contributed by atoms with van der Waals surface area (Å²) < 4.78 is 24.8. The van der Waals surface area contributed by atoms with Crippen LogP contribution in [-0.2, 0) is 10.0 Å². The number of nitrogens with one attached hydrogen (secondary N) is 2. The van der Waals surface area contributed by atoms with Gasteiger partial charge in [-0.3, -0.25) is 4.72 Å². The Morgan fingerprint density at radius 1 is 1.25 bits per heavy atom. The van der Waals surface area contributed by atoms with Gasteiger partial charge in [-0.1, -0.05) is 12.1 Å². The lowest BCUT2D eigenvalue weighted by Gasteiger charge is -2.12. The molecule has 0 aromatic heterocycles. The summed E-state index contributed by atoms with van der Waals surface area (Å²) in [6.07, 6.45) is 3.70. The van der Waals surface area contributed by atoms with Gasteiger partial charge in [0.2, 0.25) is 10.0 Å². The maximum absolute atomic E-state index is 11.2. The number of sulfonamides is 1. The zero-order valence-electron chi connectivity index (χ0n) is 9.23. The summed E-state index contributed by atoms with van der Waals surface area (Å²) in [5.74, 6) is 0.756. The minimum absolute atomic E-state index is 0.616. The molecule has 0 aliphatic heterocycles. The first-order valence-corrected chi connectivity index (χ1v) is 7.24. The van der Waals surface area contributed by atoms with Crippen LogP contribution >= 0.6 is 0 Å². The number of hydrogen-bond donors (Lipinski definition) is 2. The lowest BCUT2D eigenvalue weighted by atomic mass is 10.2. The second-order valence-corrected chi connectivity index (χ2v) is 5.99. The van der Waals surface area contributed by atoms with Gasteiger partial charge in [0.1, 0.15) is 0 Å². The lowest BCUT2D eigenvalue weighted by molar-refractivity contribution is 0.607. The normalized spacial score (nSPS) is 15.8. The van der Waals surface area contributed by atoms with Gasteiger partial charge in [0, 0.05) is 6.54 Å². The predicted octanol–water partition coefficient (Wildman–Crippen LogP) is 1.88. The fourth-order valence-corrected chi connectivity index (χ4v) is 2.08. The van der Waals surface area contributed by atoms with E-state index in [0.717, 1.165) is 24.4 Å². The van der Waals surface area contributed by atoms with Gasteiger partial charge in [-0.15, -0.1) is 0 Å². The monoisotopic (exact) mass is 240 g/mol. The molecule has 0 atom stereocenters. The Hall–Kier alpha value is -1.23. The van der Waals surface area contributed by atoms with Crippen LogP contribution in [0.1, 0.15) is 12.8 Å². The van der Waals surface area contributed by atoms with Gasteiger partial charge in [0.15, 0.2) is 0 Å². The van der Waals surface area contributed by atoms with Crippen LogP contribution < -0.4 is 10.0 Å². The summed E-state index contributed by atoms with van der Waals surface area (Å²) in [5, 5.41) is 3.27. The highest BCUT2D eigenvalue weighted by atomic mass is 32.2. The number of hydrogen-bond acceptors (Lipinski definition) is 3. The quantitative estimate of drug-likeness (QED) is 0.826. The summed E-state index contributed by atoms with van der Waals surface area (Å²) in [6, 6.07) is 7.35. The average molecular weight is 240 g/mol. The van der Waals surface area contributed by atoms with Gasteiger partial charge >= 0.3 is 0 Å². The van der Waals surface area contributed by atoms with E-state index in [1.807, 2.05) is 18.2 Å². The Morgan fingerprint density at radius 2 is 1.88 bits per heavy atom. The minimum Gasteiger partial charge on any atom is -0.383 e. The predicted molar refractivity (Wildman–Crippen MR) is 66.1 cm³/mol. The smallest absolute Gasteiger partial charge is 0.229 e. The van der Waals surface area contributed by atoms with Crippen LogP contribution in [0.15, 0.2) is 24.3 Å². The van der Waals surface area contributed by atoms with Crippen LogP contribution in [0, 0.1) is 5.92 Å². The third-order valence-corrected chi connectivity index (χ3v) is 3.09. The molecule has 0 radical (unpaired) electrons. The molecule has 1 saturated carbocycles. The van der Waals surface area contributed by atoms with E-state index in [1.165, 1.54) is 12.8 Å². The Kier molecular flexibility index (Phi) is 3.05. The molecule has 16 heavy (non-hydrogen) atoms. The molecule has 1 fully saturated rings. The molecule has 0 unspecified atom stereocenters. The average Bonchev–Trinajstić information content (AvgIpc) is 2.98. The molecule has 88 valence electrons. The van der Waals surface area contributed by atoms with Gasteiger partial charge < -0.3 is 5.32 Å². The summed E-state index contributed by atoms with van der Waals surface area (Å²) >= 11 is 0. The van der Waals surface area contributed by atoms with Crippen LogP contribution in [0.4, 0.5) is 11.4 Å². The Morgan fingerprint density at radius 3 is 2.44 bits per heavy atom. The number of para-hydroxylation sites is 2. The van der Waals surface area contributed by atoms with Crippen molar-refractivity contribution in [2.75, 3.05) is 22.8 Å². The third-order valence-electron chi connectivity index (χ3n) is 2.50. The van der Waals surface area contributed by atoms with E-state index < -0.39 is 10.0 Å². The van der Waals surface area contributed by atoms with Crippen molar-refractivity contribution in [1.82, 2.24) is 0 Å². The highest BCUT2D eigenvalue weighted by Gasteiger charge is 2.21. The van der Waals surface area contributed by atoms with Crippen molar-refractivity contribution in [3.05, 3.63) is 24.3 Å². The lowest BCUT2D eigenvalue weighted by Crippen LogP contribution is -2.12. The summed E-state index contributed by atoms with van der Waals surface area (Å²) in [7, 11) is -3.21. The van der Waals surface area contributed by atoms with Crippen LogP contribution in [0.3, 0.4) is 0 Å². The Bertz CT molecular complexity index is 467. The van der Waals surface area contributed by atoms with E-state index in [1.54, 1.807) is 6.07 Å². The van der Waals surface area contributed by atoms with E-state index >= 15 is 0 Å². The third kappa shape index (κ3) is 3.41. The Balaban J connectivity index is 2.09. The van der Waals surface area contributed by atoms with Crippen LogP contribution in [0.5, 0.6) is 0 Å². The van der Waals surface area contributed by atoms with E-state index in [9.17, 15) is 8.42 Å². The second kappa shape index (κ2) is 4.33. The van der Waals surface area contributed by atoms with Crippen molar-refractivity contribution in [1.29, 1.82) is 0 Å². The van der Waals surface area contributed by atoms with Crippen LogP contribution in [0.2, 0.25) is 0 Å². The molecule has 1 aliphatic rings. The molecular formula is C11H16N2O2S. The van der Waals surface area contributed by atoms with Crippen molar-refractivity contribution >= 4 is 21.4 Å². The molecule has 1 aliphatic carbocycles. The summed E-state index contributed by atoms with van der Waals surface area (Å²) in [4.78, 5) is 0. The van der Waals surface area contributed by atoms with Crippen molar-refractivity contribution in [2.24, 2.45) is 5.92 Å². The van der Waals surface area contributed by atoms with Gasteiger partial charge in [0.05, 0.1) is 17.6 Å². The van der Waals surface area contributed by atoms with E-state index in [-0.39, 0.29) is 0 Å². The molecule has 0 spiro atoms. The number of benzene rings is 1. The summed E-state index contributed by atoms with van der Waals surface area (Å²) in [6.45, 7) is 0.919. The van der Waals surface area contributed by atoms with E-state index in [0.29, 0.717) is 5.69 Å². The molecule has 2 N–H and O–H groups in total. The van der Waals surface area contributed by atoms with Crippen LogP contribution in [-0.4, -0.2) is 21.2 Å². The zero-order chi connectivity index (χ0) is 11.6. The fourth-order valence-electron chi connectivity index (χ4n) is 1.50. The van der Waals surface area contributed by atoms with Crippen molar-refractivity contribution < 1.29 is 8.42 Å². The molecule has 5 heteroatoms. The maximum atomic E-state index is 11.2. The van der Waals surface area contributed by atoms with Gasteiger partial charge in [0.25, 0.3) is 0 Å². The van der Waals surface area contributed by atoms with Gasteiger partial charge in [-0.25, -0.2) is 8.42 Å². The molecule has 0 heterocycles. The van der Waals surface area contributed by atoms with Crippen LogP contribution in [0.25, 0.3) is 0 Å². The highest BCUT2D eigenvalue weighted by Crippen LogP contribution is 2.30. The van der Waals surface area contributed by atoms with Gasteiger partial charge in [-0.05, 0) is 30.9 Å². The second-order valence-electron chi connectivity index (χ2n) is 4.24.